The molecule has 18 heavy (non-hydrogen) atoms. The molecule has 0 bridgehead atoms. The van der Waals surface area contributed by atoms with Gasteiger partial charge < -0.3 is 10.6 Å². The summed E-state index contributed by atoms with van der Waals surface area (Å²) in [6, 6.07) is 1.98. The van der Waals surface area contributed by atoms with Crippen LogP contribution in [0.5, 0.6) is 0 Å². The number of hydrogen-bond acceptors (Lipinski definition) is 4. The van der Waals surface area contributed by atoms with Crippen molar-refractivity contribution in [2.45, 2.75) is 40.0 Å². The van der Waals surface area contributed by atoms with Crippen LogP contribution in [0.4, 0.5) is 11.6 Å². The zero-order valence-electron chi connectivity index (χ0n) is 11.9. The molecule has 0 aliphatic heterocycles. The van der Waals surface area contributed by atoms with Crippen LogP contribution in [0.25, 0.3) is 0 Å². The van der Waals surface area contributed by atoms with Crippen molar-refractivity contribution < 1.29 is 0 Å². The van der Waals surface area contributed by atoms with E-state index in [0.29, 0.717) is 5.41 Å². The second-order valence-electron chi connectivity index (χ2n) is 5.53. The molecule has 0 unspecified atom stereocenters. The smallest absolute Gasteiger partial charge is 0.132 e. The lowest BCUT2D eigenvalue weighted by molar-refractivity contribution is 0.380. The Bertz CT molecular complexity index is 388. The Hall–Kier alpha value is -1.32. The summed E-state index contributed by atoms with van der Waals surface area (Å²) in [4.78, 5) is 8.93. The fraction of sp³-hybridized carbons (Fsp3) is 0.714. The van der Waals surface area contributed by atoms with E-state index >= 15 is 0 Å². The van der Waals surface area contributed by atoms with Crippen molar-refractivity contribution >= 4 is 11.6 Å². The van der Waals surface area contributed by atoms with Gasteiger partial charge in [0, 0.05) is 26.1 Å². The second kappa shape index (κ2) is 5.12. The molecule has 4 nitrogen and oxygen atoms in total. The normalized spacial score (nSPS) is 16.7. The van der Waals surface area contributed by atoms with Gasteiger partial charge in [0.25, 0.3) is 0 Å². The Labute approximate surface area is 110 Å². The van der Waals surface area contributed by atoms with Crippen LogP contribution in [-0.4, -0.2) is 23.6 Å². The van der Waals surface area contributed by atoms with Crippen LogP contribution in [0, 0.1) is 11.3 Å². The lowest BCUT2D eigenvalue weighted by Gasteiger charge is -2.20. The molecule has 0 spiro atoms. The van der Waals surface area contributed by atoms with E-state index in [1.807, 2.05) is 13.1 Å². The average Bonchev–Trinajstić information content (AvgIpc) is 3.17. The van der Waals surface area contributed by atoms with E-state index in [9.17, 15) is 0 Å². The molecule has 0 atom stereocenters. The molecule has 1 fully saturated rings. The van der Waals surface area contributed by atoms with Gasteiger partial charge in [-0.25, -0.2) is 9.97 Å². The molecule has 2 N–H and O–H groups in total. The van der Waals surface area contributed by atoms with Crippen molar-refractivity contribution in [3.8, 4) is 0 Å². The van der Waals surface area contributed by atoms with E-state index < -0.39 is 0 Å². The third-order valence-corrected chi connectivity index (χ3v) is 4.08. The van der Waals surface area contributed by atoms with Crippen LogP contribution < -0.4 is 10.6 Å². The van der Waals surface area contributed by atoms with Crippen LogP contribution in [0.15, 0.2) is 6.07 Å². The highest BCUT2D eigenvalue weighted by Gasteiger charge is 2.44. The Morgan fingerprint density at radius 3 is 2.44 bits per heavy atom. The van der Waals surface area contributed by atoms with E-state index in [2.05, 4.69) is 41.4 Å². The van der Waals surface area contributed by atoms with Crippen LogP contribution in [0.3, 0.4) is 0 Å². The number of hydrogen-bond donors (Lipinski definition) is 2. The molecular formula is C14H24N4. The maximum atomic E-state index is 4.53. The predicted octanol–water partition coefficient (Wildman–Crippen LogP) is 2.93. The fourth-order valence-corrected chi connectivity index (χ4v) is 2.26. The van der Waals surface area contributed by atoms with E-state index in [1.54, 1.807) is 0 Å². The first-order chi connectivity index (χ1) is 8.59. The molecule has 4 heteroatoms. The summed E-state index contributed by atoms with van der Waals surface area (Å²) >= 11 is 0. The number of aromatic nitrogens is 2. The van der Waals surface area contributed by atoms with Gasteiger partial charge in [-0.3, -0.25) is 0 Å². The summed E-state index contributed by atoms with van der Waals surface area (Å²) in [7, 11) is 1.89. The Balaban J connectivity index is 2.05. The average molecular weight is 248 g/mol. The number of aryl methyl sites for hydroxylation is 1. The van der Waals surface area contributed by atoms with Gasteiger partial charge in [-0.1, -0.05) is 20.8 Å². The monoisotopic (exact) mass is 248 g/mol. The summed E-state index contributed by atoms with van der Waals surface area (Å²) in [6.45, 7) is 7.72. The zero-order chi connectivity index (χ0) is 13.2. The topological polar surface area (TPSA) is 49.8 Å². The molecule has 1 aliphatic carbocycles. The van der Waals surface area contributed by atoms with Gasteiger partial charge in [0.2, 0.25) is 0 Å². The maximum absolute atomic E-state index is 4.53. The SMILES string of the molecule is CCc1nc(NC)cc(NCC2(C(C)C)CC2)n1. The summed E-state index contributed by atoms with van der Waals surface area (Å²) < 4.78 is 0. The molecule has 1 aromatic rings. The number of nitrogens with zero attached hydrogens (tertiary/aromatic N) is 2. The number of nitrogens with one attached hydrogen (secondary N) is 2. The lowest BCUT2D eigenvalue weighted by Crippen LogP contribution is -2.21. The van der Waals surface area contributed by atoms with Gasteiger partial charge >= 0.3 is 0 Å². The predicted molar refractivity (Wildman–Crippen MR) is 76.0 cm³/mol. The van der Waals surface area contributed by atoms with Crippen molar-refractivity contribution in [1.82, 2.24) is 9.97 Å². The second-order valence-corrected chi connectivity index (χ2v) is 5.53. The first-order valence-corrected chi connectivity index (χ1v) is 6.89. The van der Waals surface area contributed by atoms with E-state index in [1.165, 1.54) is 12.8 Å². The van der Waals surface area contributed by atoms with Gasteiger partial charge in [-0.15, -0.1) is 0 Å². The highest BCUT2D eigenvalue weighted by atomic mass is 15.1. The van der Waals surface area contributed by atoms with Gasteiger partial charge in [-0.2, -0.15) is 0 Å². The van der Waals surface area contributed by atoms with Gasteiger partial charge in [0.1, 0.15) is 17.5 Å². The molecule has 0 saturated heterocycles. The van der Waals surface area contributed by atoms with Crippen LogP contribution in [0.2, 0.25) is 0 Å². The Morgan fingerprint density at radius 2 is 1.94 bits per heavy atom. The minimum atomic E-state index is 0.497. The standard InChI is InChI=1S/C14H24N4/c1-5-11-17-12(15-4)8-13(18-11)16-9-14(6-7-14)10(2)3/h8,10H,5-7,9H2,1-4H3,(H2,15,16,17,18). The van der Waals surface area contributed by atoms with E-state index in [4.69, 9.17) is 0 Å². The fourth-order valence-electron chi connectivity index (χ4n) is 2.26. The molecule has 1 aliphatic rings. The largest absolute Gasteiger partial charge is 0.373 e. The Morgan fingerprint density at radius 1 is 1.28 bits per heavy atom. The molecule has 2 rings (SSSR count). The van der Waals surface area contributed by atoms with Crippen molar-refractivity contribution in [2.75, 3.05) is 24.2 Å². The van der Waals surface area contributed by atoms with Gasteiger partial charge in [-0.05, 0) is 24.2 Å². The highest BCUT2D eigenvalue weighted by Crippen LogP contribution is 2.51. The van der Waals surface area contributed by atoms with Crippen LogP contribution in [-0.2, 0) is 6.42 Å². The highest BCUT2D eigenvalue weighted by molar-refractivity contribution is 5.47. The molecule has 0 amide bonds. The molecule has 1 aromatic heterocycles. The molecule has 1 saturated carbocycles. The van der Waals surface area contributed by atoms with Crippen molar-refractivity contribution in [3.05, 3.63) is 11.9 Å². The lowest BCUT2D eigenvalue weighted by atomic mass is 9.92. The maximum Gasteiger partial charge on any atom is 0.132 e. The molecular weight excluding hydrogens is 224 g/mol. The zero-order valence-corrected chi connectivity index (χ0v) is 11.9. The number of rotatable bonds is 6. The summed E-state index contributed by atoms with van der Waals surface area (Å²) in [6.07, 6.45) is 3.53. The molecule has 100 valence electrons. The third kappa shape index (κ3) is 2.74. The Kier molecular flexibility index (Phi) is 3.73. The molecule has 0 radical (unpaired) electrons. The van der Waals surface area contributed by atoms with Crippen molar-refractivity contribution in [2.24, 2.45) is 11.3 Å². The first kappa shape index (κ1) is 13.1. The minimum Gasteiger partial charge on any atom is -0.373 e. The van der Waals surface area contributed by atoms with Crippen molar-refractivity contribution in [3.63, 3.8) is 0 Å². The quantitative estimate of drug-likeness (QED) is 0.812. The molecule has 1 heterocycles. The third-order valence-electron chi connectivity index (χ3n) is 4.08. The summed E-state index contributed by atoms with van der Waals surface area (Å²) in [5.74, 6) is 3.46. The van der Waals surface area contributed by atoms with Gasteiger partial charge in [0.05, 0.1) is 0 Å². The van der Waals surface area contributed by atoms with Crippen LogP contribution >= 0.6 is 0 Å². The van der Waals surface area contributed by atoms with E-state index in [0.717, 1.165) is 36.3 Å². The summed E-state index contributed by atoms with van der Waals surface area (Å²) in [5, 5.41) is 6.57. The van der Waals surface area contributed by atoms with Crippen molar-refractivity contribution in [1.29, 1.82) is 0 Å². The van der Waals surface area contributed by atoms with Crippen LogP contribution in [0.1, 0.15) is 39.4 Å². The number of anilines is 2. The van der Waals surface area contributed by atoms with Gasteiger partial charge in [0.15, 0.2) is 0 Å². The first-order valence-electron chi connectivity index (χ1n) is 6.89. The molecule has 0 aromatic carbocycles. The minimum absolute atomic E-state index is 0.497. The summed E-state index contributed by atoms with van der Waals surface area (Å²) in [5.41, 5.74) is 0.497. The van der Waals surface area contributed by atoms with E-state index in [-0.39, 0.29) is 0 Å².